The fourth-order valence-corrected chi connectivity index (χ4v) is 2.20. The molecule has 0 radical (unpaired) electrons. The largest absolute Gasteiger partial charge is 0.462 e. The monoisotopic (exact) mass is 233 g/mol. The third-order valence-electron chi connectivity index (χ3n) is 3.21. The van der Waals surface area contributed by atoms with E-state index in [0.717, 1.165) is 31.2 Å². The highest BCUT2D eigenvalue weighted by atomic mass is 16.5. The summed E-state index contributed by atoms with van der Waals surface area (Å²) in [6.07, 6.45) is 4.17. The minimum Gasteiger partial charge on any atom is -0.462 e. The molecule has 0 aliphatic heterocycles. The number of ether oxygens (including phenoxy) is 1. The van der Waals surface area contributed by atoms with E-state index in [1.807, 2.05) is 30.3 Å². The molecule has 1 aromatic carbocycles. The van der Waals surface area contributed by atoms with Gasteiger partial charge in [-0.15, -0.1) is 0 Å². The van der Waals surface area contributed by atoms with Gasteiger partial charge in [-0.25, -0.2) is 0 Å². The van der Waals surface area contributed by atoms with Gasteiger partial charge in [-0.05, 0) is 31.2 Å². The van der Waals surface area contributed by atoms with Crippen LogP contribution in [0.4, 0.5) is 0 Å². The van der Waals surface area contributed by atoms with Crippen LogP contribution in [-0.4, -0.2) is 18.1 Å². The Morgan fingerprint density at radius 1 is 1.18 bits per heavy atom. The molecule has 1 fully saturated rings. The molecule has 1 aliphatic carbocycles. The van der Waals surface area contributed by atoms with Gasteiger partial charge in [-0.3, -0.25) is 4.79 Å². The lowest BCUT2D eigenvalue weighted by atomic mass is 9.94. The Balaban J connectivity index is 1.78. The highest BCUT2D eigenvalue weighted by molar-refractivity contribution is 5.72. The van der Waals surface area contributed by atoms with E-state index in [-0.39, 0.29) is 12.1 Å². The van der Waals surface area contributed by atoms with Crippen LogP contribution in [0.1, 0.15) is 31.2 Å². The zero-order valence-corrected chi connectivity index (χ0v) is 9.97. The summed E-state index contributed by atoms with van der Waals surface area (Å²) >= 11 is 0. The third kappa shape index (κ3) is 3.86. The summed E-state index contributed by atoms with van der Waals surface area (Å²) in [5.41, 5.74) is 6.82. The van der Waals surface area contributed by atoms with Crippen molar-refractivity contribution >= 4 is 5.97 Å². The number of carbonyl (C=O) groups is 1. The van der Waals surface area contributed by atoms with Crippen LogP contribution in [0, 0.1) is 0 Å². The Hall–Kier alpha value is -1.35. The van der Waals surface area contributed by atoms with E-state index in [1.165, 1.54) is 0 Å². The molecule has 3 heteroatoms. The lowest BCUT2D eigenvalue weighted by molar-refractivity contribution is -0.149. The summed E-state index contributed by atoms with van der Waals surface area (Å²) in [5, 5.41) is 0. The van der Waals surface area contributed by atoms with Crippen molar-refractivity contribution in [3.05, 3.63) is 35.9 Å². The third-order valence-corrected chi connectivity index (χ3v) is 3.21. The maximum absolute atomic E-state index is 11.7. The van der Waals surface area contributed by atoms with E-state index in [4.69, 9.17) is 10.5 Å². The molecule has 1 aliphatic rings. The summed E-state index contributed by atoms with van der Waals surface area (Å²) < 4.78 is 5.45. The molecule has 0 bridgehead atoms. The van der Waals surface area contributed by atoms with Crippen LogP contribution in [0.5, 0.6) is 0 Å². The van der Waals surface area contributed by atoms with Gasteiger partial charge in [0.25, 0.3) is 0 Å². The van der Waals surface area contributed by atoms with Crippen LogP contribution in [0.3, 0.4) is 0 Å². The maximum Gasteiger partial charge on any atom is 0.310 e. The van der Waals surface area contributed by atoms with E-state index < -0.39 is 0 Å². The van der Waals surface area contributed by atoms with Gasteiger partial charge in [0, 0.05) is 6.04 Å². The van der Waals surface area contributed by atoms with Crippen molar-refractivity contribution in [1.82, 2.24) is 0 Å². The molecule has 0 amide bonds. The number of nitrogens with two attached hydrogens (primary N) is 1. The average molecular weight is 233 g/mol. The lowest BCUT2D eigenvalue weighted by Gasteiger charge is -2.25. The van der Waals surface area contributed by atoms with Gasteiger partial charge < -0.3 is 10.5 Å². The molecular formula is C14H19NO2. The Bertz CT molecular complexity index is 356. The molecule has 0 spiro atoms. The van der Waals surface area contributed by atoms with E-state index in [0.29, 0.717) is 12.5 Å². The molecular weight excluding hydrogens is 214 g/mol. The van der Waals surface area contributed by atoms with Gasteiger partial charge in [-0.2, -0.15) is 0 Å². The molecule has 0 heterocycles. The predicted octanol–water partition coefficient (Wildman–Crippen LogP) is 2.04. The molecule has 0 atom stereocenters. The molecule has 0 unspecified atom stereocenters. The topological polar surface area (TPSA) is 52.3 Å². The molecule has 2 N–H and O–H groups in total. The minimum absolute atomic E-state index is 0.0750. The smallest absolute Gasteiger partial charge is 0.310 e. The first kappa shape index (κ1) is 12.1. The Kier molecular flexibility index (Phi) is 4.15. The number of hydrogen-bond acceptors (Lipinski definition) is 3. The van der Waals surface area contributed by atoms with E-state index in [9.17, 15) is 4.79 Å². The number of hydrogen-bond donors (Lipinski definition) is 1. The highest BCUT2D eigenvalue weighted by Gasteiger charge is 2.21. The maximum atomic E-state index is 11.7. The highest BCUT2D eigenvalue weighted by Crippen LogP contribution is 2.20. The summed E-state index contributed by atoms with van der Waals surface area (Å²) in [7, 11) is 0. The standard InChI is InChI=1S/C14H19NO2/c15-12-6-8-13(9-7-12)17-14(16)10-11-4-2-1-3-5-11/h1-5,12-13H,6-10,15H2. The first-order valence-electron chi connectivity index (χ1n) is 6.23. The van der Waals surface area contributed by atoms with Crippen molar-refractivity contribution in [3.8, 4) is 0 Å². The van der Waals surface area contributed by atoms with Crippen LogP contribution >= 0.6 is 0 Å². The Morgan fingerprint density at radius 3 is 2.47 bits per heavy atom. The zero-order chi connectivity index (χ0) is 12.1. The second-order valence-electron chi connectivity index (χ2n) is 4.69. The normalized spacial score (nSPS) is 24.3. The molecule has 0 aromatic heterocycles. The minimum atomic E-state index is -0.128. The fourth-order valence-electron chi connectivity index (χ4n) is 2.20. The average Bonchev–Trinajstić information content (AvgIpc) is 2.33. The second kappa shape index (κ2) is 5.82. The van der Waals surface area contributed by atoms with Gasteiger partial charge in [0.15, 0.2) is 0 Å². The van der Waals surface area contributed by atoms with E-state index in [2.05, 4.69) is 0 Å². The van der Waals surface area contributed by atoms with Crippen molar-refractivity contribution in [2.45, 2.75) is 44.2 Å². The molecule has 3 nitrogen and oxygen atoms in total. The number of esters is 1. The molecule has 2 rings (SSSR count). The first-order chi connectivity index (χ1) is 8.24. The SMILES string of the molecule is NC1CCC(OC(=O)Cc2ccccc2)CC1. The summed E-state index contributed by atoms with van der Waals surface area (Å²) in [4.78, 5) is 11.7. The van der Waals surface area contributed by atoms with E-state index in [1.54, 1.807) is 0 Å². The van der Waals surface area contributed by atoms with Crippen LogP contribution < -0.4 is 5.73 Å². The van der Waals surface area contributed by atoms with Gasteiger partial charge in [0.1, 0.15) is 6.10 Å². The van der Waals surface area contributed by atoms with Crippen molar-refractivity contribution in [1.29, 1.82) is 0 Å². The summed E-state index contributed by atoms with van der Waals surface area (Å²) in [6, 6.07) is 9.98. The summed E-state index contributed by atoms with van der Waals surface area (Å²) in [6.45, 7) is 0. The molecule has 0 saturated heterocycles. The van der Waals surface area contributed by atoms with Crippen molar-refractivity contribution < 1.29 is 9.53 Å². The predicted molar refractivity (Wildman–Crippen MR) is 66.5 cm³/mol. The fraction of sp³-hybridized carbons (Fsp3) is 0.500. The molecule has 1 saturated carbocycles. The van der Waals surface area contributed by atoms with Crippen LogP contribution in [0.25, 0.3) is 0 Å². The Morgan fingerprint density at radius 2 is 1.82 bits per heavy atom. The number of carbonyl (C=O) groups excluding carboxylic acids is 1. The summed E-state index contributed by atoms with van der Waals surface area (Å²) in [5.74, 6) is -0.128. The van der Waals surface area contributed by atoms with Crippen molar-refractivity contribution in [3.63, 3.8) is 0 Å². The molecule has 1 aromatic rings. The Labute approximate surface area is 102 Å². The van der Waals surface area contributed by atoms with Gasteiger partial charge >= 0.3 is 5.97 Å². The van der Waals surface area contributed by atoms with E-state index >= 15 is 0 Å². The van der Waals surface area contributed by atoms with Crippen molar-refractivity contribution in [2.24, 2.45) is 5.73 Å². The van der Waals surface area contributed by atoms with Crippen LogP contribution in [-0.2, 0) is 16.0 Å². The number of rotatable bonds is 3. The second-order valence-corrected chi connectivity index (χ2v) is 4.69. The van der Waals surface area contributed by atoms with Crippen molar-refractivity contribution in [2.75, 3.05) is 0 Å². The van der Waals surface area contributed by atoms with Gasteiger partial charge in [0.05, 0.1) is 6.42 Å². The van der Waals surface area contributed by atoms with Crippen LogP contribution in [0.15, 0.2) is 30.3 Å². The number of benzene rings is 1. The van der Waals surface area contributed by atoms with Gasteiger partial charge in [-0.1, -0.05) is 30.3 Å². The van der Waals surface area contributed by atoms with Crippen LogP contribution in [0.2, 0.25) is 0 Å². The lowest BCUT2D eigenvalue weighted by Crippen LogP contribution is -2.31. The zero-order valence-electron chi connectivity index (χ0n) is 9.97. The van der Waals surface area contributed by atoms with Gasteiger partial charge in [0.2, 0.25) is 0 Å². The first-order valence-corrected chi connectivity index (χ1v) is 6.23. The molecule has 92 valence electrons. The quantitative estimate of drug-likeness (QED) is 0.813. The molecule has 17 heavy (non-hydrogen) atoms.